The number of rotatable bonds is 8. The second-order valence-electron chi connectivity index (χ2n) is 4.67. The summed E-state index contributed by atoms with van der Waals surface area (Å²) < 4.78 is 12.0. The highest BCUT2D eigenvalue weighted by Gasteiger charge is 2.08. The standard InChI is InChI=1S/C17H20BrNO2/c1-20-11-10-19-12-15-8-5-9-16(18)17(15)21-13-14-6-3-2-4-7-14/h2-9,19H,10-13H2,1H3. The minimum absolute atomic E-state index is 0.564. The molecule has 4 heteroatoms. The number of methoxy groups -OCH3 is 1. The first kappa shape index (κ1) is 16.0. The molecule has 2 rings (SSSR count). The quantitative estimate of drug-likeness (QED) is 0.736. The highest BCUT2D eigenvalue weighted by atomic mass is 79.9. The van der Waals surface area contributed by atoms with Crippen molar-refractivity contribution in [1.29, 1.82) is 0 Å². The second kappa shape index (κ2) is 8.82. The predicted molar refractivity (Wildman–Crippen MR) is 88.5 cm³/mol. The summed E-state index contributed by atoms with van der Waals surface area (Å²) in [5.74, 6) is 0.895. The maximum Gasteiger partial charge on any atom is 0.138 e. The van der Waals surface area contributed by atoms with Gasteiger partial charge < -0.3 is 14.8 Å². The molecule has 112 valence electrons. The molecule has 0 heterocycles. The maximum absolute atomic E-state index is 5.99. The molecule has 21 heavy (non-hydrogen) atoms. The van der Waals surface area contributed by atoms with Crippen molar-refractivity contribution in [3.8, 4) is 5.75 Å². The van der Waals surface area contributed by atoms with Crippen LogP contribution < -0.4 is 10.1 Å². The van der Waals surface area contributed by atoms with Crippen LogP contribution >= 0.6 is 15.9 Å². The van der Waals surface area contributed by atoms with Crippen molar-refractivity contribution in [2.24, 2.45) is 0 Å². The fourth-order valence-electron chi connectivity index (χ4n) is 1.98. The van der Waals surface area contributed by atoms with Gasteiger partial charge in [-0.3, -0.25) is 0 Å². The summed E-state index contributed by atoms with van der Waals surface area (Å²) >= 11 is 3.57. The SMILES string of the molecule is COCCNCc1cccc(Br)c1OCc1ccccc1. The minimum Gasteiger partial charge on any atom is -0.487 e. The number of nitrogens with one attached hydrogen (secondary N) is 1. The van der Waals surface area contributed by atoms with Crippen molar-refractivity contribution in [1.82, 2.24) is 5.32 Å². The molecule has 1 N–H and O–H groups in total. The summed E-state index contributed by atoms with van der Waals surface area (Å²) in [5, 5.41) is 3.34. The third kappa shape index (κ3) is 5.16. The molecule has 0 radical (unpaired) electrons. The van der Waals surface area contributed by atoms with Crippen LogP contribution in [-0.2, 0) is 17.9 Å². The highest BCUT2D eigenvalue weighted by molar-refractivity contribution is 9.10. The van der Waals surface area contributed by atoms with Crippen LogP contribution in [0, 0.1) is 0 Å². The Kier molecular flexibility index (Phi) is 6.73. The zero-order valence-electron chi connectivity index (χ0n) is 12.1. The van der Waals surface area contributed by atoms with Crippen LogP contribution in [0.25, 0.3) is 0 Å². The molecule has 0 amide bonds. The monoisotopic (exact) mass is 349 g/mol. The molecular weight excluding hydrogens is 330 g/mol. The van der Waals surface area contributed by atoms with Crippen LogP contribution in [0.4, 0.5) is 0 Å². The predicted octanol–water partition coefficient (Wildman–Crippen LogP) is 3.76. The van der Waals surface area contributed by atoms with E-state index in [4.69, 9.17) is 9.47 Å². The van der Waals surface area contributed by atoms with Gasteiger partial charge in [0.2, 0.25) is 0 Å². The maximum atomic E-state index is 5.99. The largest absolute Gasteiger partial charge is 0.487 e. The summed E-state index contributed by atoms with van der Waals surface area (Å²) in [6.07, 6.45) is 0. The van der Waals surface area contributed by atoms with Crippen LogP contribution in [0.2, 0.25) is 0 Å². The lowest BCUT2D eigenvalue weighted by Crippen LogP contribution is -2.19. The van der Waals surface area contributed by atoms with Gasteiger partial charge in [-0.25, -0.2) is 0 Å². The van der Waals surface area contributed by atoms with E-state index >= 15 is 0 Å². The first-order chi connectivity index (χ1) is 10.3. The van der Waals surface area contributed by atoms with E-state index in [2.05, 4.69) is 39.4 Å². The number of benzene rings is 2. The Morgan fingerprint density at radius 1 is 1.05 bits per heavy atom. The van der Waals surface area contributed by atoms with E-state index in [0.29, 0.717) is 13.2 Å². The third-order valence-electron chi connectivity index (χ3n) is 3.07. The van der Waals surface area contributed by atoms with Gasteiger partial charge in [0.1, 0.15) is 12.4 Å². The first-order valence-corrected chi connectivity index (χ1v) is 7.74. The summed E-state index contributed by atoms with van der Waals surface area (Å²) in [6.45, 7) is 2.84. The highest BCUT2D eigenvalue weighted by Crippen LogP contribution is 2.29. The van der Waals surface area contributed by atoms with Crippen molar-refractivity contribution in [3.05, 3.63) is 64.1 Å². The zero-order valence-corrected chi connectivity index (χ0v) is 13.7. The molecule has 0 fully saturated rings. The zero-order chi connectivity index (χ0) is 14.9. The lowest BCUT2D eigenvalue weighted by molar-refractivity contribution is 0.199. The first-order valence-electron chi connectivity index (χ1n) is 6.95. The van der Waals surface area contributed by atoms with Crippen molar-refractivity contribution in [2.75, 3.05) is 20.3 Å². The van der Waals surface area contributed by atoms with E-state index in [0.717, 1.165) is 34.4 Å². The Labute approximate surface area is 134 Å². The molecular formula is C17H20BrNO2. The van der Waals surface area contributed by atoms with Crippen molar-refractivity contribution >= 4 is 15.9 Å². The van der Waals surface area contributed by atoms with Crippen LogP contribution in [0.1, 0.15) is 11.1 Å². The molecule has 0 aliphatic rings. The van der Waals surface area contributed by atoms with Crippen LogP contribution in [0.5, 0.6) is 5.75 Å². The molecule has 0 saturated heterocycles. The summed E-state index contributed by atoms with van der Waals surface area (Å²) in [6, 6.07) is 16.3. The smallest absolute Gasteiger partial charge is 0.138 e. The Hall–Kier alpha value is -1.36. The van der Waals surface area contributed by atoms with Gasteiger partial charge in [-0.05, 0) is 27.6 Å². The molecule has 0 spiro atoms. The lowest BCUT2D eigenvalue weighted by atomic mass is 10.2. The van der Waals surface area contributed by atoms with Gasteiger partial charge in [0.15, 0.2) is 0 Å². The van der Waals surface area contributed by atoms with Gasteiger partial charge in [-0.2, -0.15) is 0 Å². The minimum atomic E-state index is 0.564. The fraction of sp³-hybridized carbons (Fsp3) is 0.294. The van der Waals surface area contributed by atoms with Crippen LogP contribution in [0.3, 0.4) is 0 Å². The molecule has 0 aromatic heterocycles. The van der Waals surface area contributed by atoms with Gasteiger partial charge in [0, 0.05) is 25.8 Å². The number of halogens is 1. The molecule has 2 aromatic rings. The van der Waals surface area contributed by atoms with Crippen molar-refractivity contribution < 1.29 is 9.47 Å². The molecule has 0 atom stereocenters. The van der Waals surface area contributed by atoms with E-state index < -0.39 is 0 Å². The number of ether oxygens (including phenoxy) is 2. The fourth-order valence-corrected chi connectivity index (χ4v) is 2.50. The molecule has 0 aliphatic heterocycles. The molecule has 0 saturated carbocycles. The molecule has 0 bridgehead atoms. The molecule has 3 nitrogen and oxygen atoms in total. The molecule has 0 aliphatic carbocycles. The summed E-state index contributed by atoms with van der Waals surface area (Å²) in [7, 11) is 1.70. The Balaban J connectivity index is 2.00. The summed E-state index contributed by atoms with van der Waals surface area (Å²) in [4.78, 5) is 0. The van der Waals surface area contributed by atoms with E-state index in [1.54, 1.807) is 7.11 Å². The third-order valence-corrected chi connectivity index (χ3v) is 3.70. The van der Waals surface area contributed by atoms with Gasteiger partial charge in [0.25, 0.3) is 0 Å². The summed E-state index contributed by atoms with van der Waals surface area (Å²) in [5.41, 5.74) is 2.29. The molecule has 0 unspecified atom stereocenters. The number of para-hydroxylation sites is 1. The van der Waals surface area contributed by atoms with E-state index in [9.17, 15) is 0 Å². The molecule has 2 aromatic carbocycles. The normalized spacial score (nSPS) is 10.6. The van der Waals surface area contributed by atoms with Gasteiger partial charge in [0.05, 0.1) is 11.1 Å². The van der Waals surface area contributed by atoms with Gasteiger partial charge >= 0.3 is 0 Å². The Bertz CT molecular complexity index is 546. The van der Waals surface area contributed by atoms with Crippen LogP contribution in [0.15, 0.2) is 53.0 Å². The Morgan fingerprint density at radius 2 is 1.86 bits per heavy atom. The van der Waals surface area contributed by atoms with Crippen molar-refractivity contribution in [2.45, 2.75) is 13.2 Å². The van der Waals surface area contributed by atoms with Gasteiger partial charge in [-0.1, -0.05) is 42.5 Å². The van der Waals surface area contributed by atoms with E-state index in [1.165, 1.54) is 0 Å². The number of hydrogen-bond donors (Lipinski definition) is 1. The average molecular weight is 350 g/mol. The van der Waals surface area contributed by atoms with E-state index in [-0.39, 0.29) is 0 Å². The van der Waals surface area contributed by atoms with Gasteiger partial charge in [-0.15, -0.1) is 0 Å². The van der Waals surface area contributed by atoms with E-state index in [1.807, 2.05) is 30.3 Å². The average Bonchev–Trinajstić information content (AvgIpc) is 2.52. The number of hydrogen-bond acceptors (Lipinski definition) is 3. The van der Waals surface area contributed by atoms with Crippen LogP contribution in [-0.4, -0.2) is 20.3 Å². The topological polar surface area (TPSA) is 30.5 Å². The Morgan fingerprint density at radius 3 is 2.62 bits per heavy atom. The van der Waals surface area contributed by atoms with Crippen molar-refractivity contribution in [3.63, 3.8) is 0 Å². The second-order valence-corrected chi connectivity index (χ2v) is 5.53. The lowest BCUT2D eigenvalue weighted by Gasteiger charge is -2.14.